The summed E-state index contributed by atoms with van der Waals surface area (Å²) in [4.78, 5) is 0. The Morgan fingerprint density at radius 2 is 1.82 bits per heavy atom. The first kappa shape index (κ1) is 16.6. The molecule has 0 radical (unpaired) electrons. The molecule has 0 bridgehead atoms. The van der Waals surface area contributed by atoms with Gasteiger partial charge in [0.1, 0.15) is 11.8 Å². The standard InChI is InChI=1S/C14H8Br2Cl3N3/c1-13(6-14(13,15)16)12-7(4-20)5-22(21-12)11-9(18)2-8(17)3-10(11)19/h2-3,5H,6H2,1H3. The van der Waals surface area contributed by atoms with Crippen LogP contribution in [0.15, 0.2) is 18.3 Å². The summed E-state index contributed by atoms with van der Waals surface area (Å²) >= 11 is 25.6. The van der Waals surface area contributed by atoms with Crippen molar-refractivity contribution in [3.8, 4) is 11.8 Å². The van der Waals surface area contributed by atoms with Gasteiger partial charge >= 0.3 is 0 Å². The highest BCUT2D eigenvalue weighted by molar-refractivity contribution is 9.25. The monoisotopic (exact) mass is 481 g/mol. The van der Waals surface area contributed by atoms with Gasteiger partial charge in [-0.3, -0.25) is 0 Å². The third kappa shape index (κ3) is 2.50. The molecule has 1 heterocycles. The molecule has 0 amide bonds. The van der Waals surface area contributed by atoms with E-state index in [9.17, 15) is 5.26 Å². The van der Waals surface area contributed by atoms with Gasteiger partial charge in [-0.15, -0.1) is 0 Å². The van der Waals surface area contributed by atoms with Crippen LogP contribution in [0, 0.1) is 11.3 Å². The molecule has 1 aromatic heterocycles. The molecular formula is C14H8Br2Cl3N3. The van der Waals surface area contributed by atoms with Gasteiger partial charge in [0, 0.05) is 16.6 Å². The molecule has 3 nitrogen and oxygen atoms in total. The van der Waals surface area contributed by atoms with Gasteiger partial charge in [-0.2, -0.15) is 10.4 Å². The van der Waals surface area contributed by atoms with Crippen LogP contribution in [-0.2, 0) is 5.41 Å². The van der Waals surface area contributed by atoms with Crippen LogP contribution >= 0.6 is 66.7 Å². The van der Waals surface area contributed by atoms with E-state index in [0.717, 1.165) is 6.42 Å². The van der Waals surface area contributed by atoms with E-state index >= 15 is 0 Å². The van der Waals surface area contributed by atoms with Gasteiger partial charge < -0.3 is 0 Å². The topological polar surface area (TPSA) is 41.6 Å². The van der Waals surface area contributed by atoms with E-state index in [1.54, 1.807) is 18.3 Å². The van der Waals surface area contributed by atoms with Crippen molar-refractivity contribution in [2.75, 3.05) is 0 Å². The van der Waals surface area contributed by atoms with E-state index < -0.39 is 0 Å². The molecule has 0 spiro atoms. The second-order valence-electron chi connectivity index (χ2n) is 5.38. The lowest BCUT2D eigenvalue weighted by Crippen LogP contribution is -2.12. The average molecular weight is 484 g/mol. The number of nitrogens with zero attached hydrogens (tertiary/aromatic N) is 3. The molecular weight excluding hydrogens is 476 g/mol. The molecule has 0 N–H and O–H groups in total. The minimum Gasteiger partial charge on any atom is -0.236 e. The molecule has 1 aliphatic carbocycles. The number of rotatable bonds is 2. The zero-order valence-corrected chi connectivity index (χ0v) is 16.6. The molecule has 1 fully saturated rings. The molecule has 3 rings (SSSR count). The average Bonchev–Trinajstić information content (AvgIpc) is 2.76. The molecule has 22 heavy (non-hydrogen) atoms. The maximum absolute atomic E-state index is 9.40. The lowest BCUT2D eigenvalue weighted by atomic mass is 10.0. The Bertz CT molecular complexity index is 802. The fourth-order valence-corrected chi connectivity index (χ4v) is 4.88. The van der Waals surface area contributed by atoms with Gasteiger partial charge in [-0.25, -0.2) is 4.68 Å². The molecule has 0 saturated heterocycles. The van der Waals surface area contributed by atoms with Crippen LogP contribution in [0.1, 0.15) is 24.6 Å². The summed E-state index contributed by atoms with van der Waals surface area (Å²) in [6.07, 6.45) is 2.46. The van der Waals surface area contributed by atoms with Crippen LogP contribution in [0.25, 0.3) is 5.69 Å². The van der Waals surface area contributed by atoms with E-state index in [4.69, 9.17) is 34.8 Å². The summed E-state index contributed by atoms with van der Waals surface area (Å²) in [5.74, 6) is 0. The Hall–Kier alpha value is -0.250. The normalized spacial score (nSPS) is 22.4. The molecule has 8 heteroatoms. The lowest BCUT2D eigenvalue weighted by Gasteiger charge is -2.10. The fraction of sp³-hybridized carbons (Fsp3) is 0.286. The minimum atomic E-state index is -0.269. The van der Waals surface area contributed by atoms with Gasteiger partial charge in [0.15, 0.2) is 0 Å². The first-order valence-electron chi connectivity index (χ1n) is 6.22. The highest BCUT2D eigenvalue weighted by atomic mass is 79.9. The van der Waals surface area contributed by atoms with Crippen LogP contribution in [0.5, 0.6) is 0 Å². The largest absolute Gasteiger partial charge is 0.236 e. The van der Waals surface area contributed by atoms with E-state index in [2.05, 4.69) is 43.0 Å². The Morgan fingerprint density at radius 3 is 2.27 bits per heavy atom. The second-order valence-corrected chi connectivity index (χ2v) is 10.4. The van der Waals surface area contributed by atoms with Crippen LogP contribution in [-0.4, -0.2) is 13.0 Å². The van der Waals surface area contributed by atoms with Gasteiger partial charge in [-0.05, 0) is 18.6 Å². The van der Waals surface area contributed by atoms with E-state index in [-0.39, 0.29) is 8.65 Å². The summed E-state index contributed by atoms with van der Waals surface area (Å²) in [6.45, 7) is 2.04. The maximum Gasteiger partial charge on any atom is 0.103 e. The lowest BCUT2D eigenvalue weighted by molar-refractivity contribution is 0.715. The predicted molar refractivity (Wildman–Crippen MR) is 95.9 cm³/mol. The van der Waals surface area contributed by atoms with Crippen molar-refractivity contribution >= 4 is 66.7 Å². The zero-order chi connectivity index (χ0) is 16.3. The van der Waals surface area contributed by atoms with Crippen molar-refractivity contribution < 1.29 is 0 Å². The van der Waals surface area contributed by atoms with Gasteiger partial charge in [-0.1, -0.05) is 73.6 Å². The van der Waals surface area contributed by atoms with Crippen LogP contribution in [0.3, 0.4) is 0 Å². The number of benzene rings is 1. The van der Waals surface area contributed by atoms with Crippen LogP contribution < -0.4 is 0 Å². The molecule has 1 saturated carbocycles. The fourth-order valence-electron chi connectivity index (χ4n) is 2.39. The van der Waals surface area contributed by atoms with Crippen molar-refractivity contribution in [2.45, 2.75) is 22.0 Å². The Labute approximate surface area is 159 Å². The number of nitriles is 1. The van der Waals surface area contributed by atoms with Crippen LogP contribution in [0.2, 0.25) is 15.1 Å². The first-order valence-corrected chi connectivity index (χ1v) is 8.94. The quantitative estimate of drug-likeness (QED) is 0.502. The minimum absolute atomic E-state index is 0.245. The SMILES string of the molecule is CC1(c2nn(-c3c(Cl)cc(Cl)cc3Cl)cc2C#N)CC1(Br)Br. The Kier molecular flexibility index (Phi) is 4.07. The van der Waals surface area contributed by atoms with Gasteiger partial charge in [0.2, 0.25) is 0 Å². The molecule has 1 aromatic carbocycles. The number of aromatic nitrogens is 2. The molecule has 1 aliphatic rings. The number of hydrogen-bond acceptors (Lipinski definition) is 2. The summed E-state index contributed by atoms with van der Waals surface area (Å²) in [6, 6.07) is 5.37. The van der Waals surface area contributed by atoms with Crippen LogP contribution in [0.4, 0.5) is 0 Å². The number of alkyl halides is 2. The summed E-state index contributed by atoms with van der Waals surface area (Å²) < 4.78 is 1.29. The van der Waals surface area contributed by atoms with Crippen molar-refractivity contribution in [1.82, 2.24) is 9.78 Å². The Morgan fingerprint density at radius 1 is 1.27 bits per heavy atom. The van der Waals surface area contributed by atoms with Crippen molar-refractivity contribution in [2.24, 2.45) is 0 Å². The molecule has 114 valence electrons. The zero-order valence-electron chi connectivity index (χ0n) is 11.2. The smallest absolute Gasteiger partial charge is 0.103 e. The number of hydrogen-bond donors (Lipinski definition) is 0. The van der Waals surface area contributed by atoms with Crippen molar-refractivity contribution in [3.05, 3.63) is 44.7 Å². The maximum atomic E-state index is 9.40. The summed E-state index contributed by atoms with van der Waals surface area (Å²) in [5, 5.41) is 15.2. The van der Waals surface area contributed by atoms with Gasteiger partial charge in [0.25, 0.3) is 0 Å². The third-order valence-electron chi connectivity index (χ3n) is 3.83. The first-order chi connectivity index (χ1) is 10.2. The predicted octanol–water partition coefficient (Wildman–Crippen LogP) is 5.85. The molecule has 1 unspecified atom stereocenters. The second kappa shape index (κ2) is 5.39. The molecule has 0 aliphatic heterocycles. The summed E-state index contributed by atoms with van der Waals surface area (Å²) in [7, 11) is 0. The highest BCUT2D eigenvalue weighted by Crippen LogP contribution is 2.67. The van der Waals surface area contributed by atoms with Gasteiger partial charge in [0.05, 0.1) is 24.5 Å². The highest BCUT2D eigenvalue weighted by Gasteiger charge is 2.65. The number of halogens is 5. The summed E-state index contributed by atoms with van der Waals surface area (Å²) in [5.41, 5.74) is 1.43. The van der Waals surface area contributed by atoms with Crippen molar-refractivity contribution in [3.63, 3.8) is 0 Å². The third-order valence-corrected chi connectivity index (χ3v) is 6.93. The molecule has 1 atom stereocenters. The van der Waals surface area contributed by atoms with E-state index in [1.807, 2.05) is 6.92 Å². The Balaban J connectivity index is 2.17. The van der Waals surface area contributed by atoms with E-state index in [1.165, 1.54) is 4.68 Å². The van der Waals surface area contributed by atoms with E-state index in [0.29, 0.717) is 32.0 Å². The molecule has 2 aromatic rings. The van der Waals surface area contributed by atoms with Crippen molar-refractivity contribution in [1.29, 1.82) is 5.26 Å².